The van der Waals surface area contributed by atoms with Gasteiger partial charge in [-0.2, -0.15) is 0 Å². The molecule has 0 aliphatic carbocycles. The fourth-order valence-corrected chi connectivity index (χ4v) is 2.36. The molecule has 1 aromatic carbocycles. The van der Waals surface area contributed by atoms with Crippen LogP contribution >= 0.6 is 11.6 Å². The Morgan fingerprint density at radius 2 is 1.95 bits per heavy atom. The summed E-state index contributed by atoms with van der Waals surface area (Å²) >= 11 is 6.21. The lowest BCUT2D eigenvalue weighted by Crippen LogP contribution is -2.03. The van der Waals surface area contributed by atoms with E-state index in [1.807, 2.05) is 13.0 Å². The first-order valence-electron chi connectivity index (χ1n) is 6.99. The van der Waals surface area contributed by atoms with E-state index >= 15 is 0 Å². The van der Waals surface area contributed by atoms with E-state index in [2.05, 4.69) is 31.3 Å². The van der Waals surface area contributed by atoms with E-state index in [-0.39, 0.29) is 0 Å². The highest BCUT2D eigenvalue weighted by Gasteiger charge is 2.08. The van der Waals surface area contributed by atoms with E-state index in [0.29, 0.717) is 0 Å². The first-order chi connectivity index (χ1) is 9.15. The number of aryl methyl sites for hydroxylation is 2. The van der Waals surface area contributed by atoms with Gasteiger partial charge < -0.3 is 5.32 Å². The molecule has 2 nitrogen and oxygen atoms in total. The molecule has 0 spiro atoms. The second kappa shape index (κ2) is 6.25. The quantitative estimate of drug-likeness (QED) is 0.834. The van der Waals surface area contributed by atoms with Crippen molar-refractivity contribution in [1.29, 1.82) is 0 Å². The lowest BCUT2D eigenvalue weighted by atomic mass is 10.1. The van der Waals surface area contributed by atoms with Gasteiger partial charge in [0.25, 0.3) is 0 Å². The van der Waals surface area contributed by atoms with Crippen LogP contribution in [0.15, 0.2) is 18.2 Å². The highest BCUT2D eigenvalue weighted by Crippen LogP contribution is 2.29. The number of rotatable bonds is 5. The summed E-state index contributed by atoms with van der Waals surface area (Å²) in [6.07, 6.45) is 3.22. The van der Waals surface area contributed by atoms with Crippen LogP contribution < -0.4 is 5.32 Å². The molecular weight excluding hydrogens is 256 g/mol. The van der Waals surface area contributed by atoms with Crippen LogP contribution in [0.4, 0.5) is 5.69 Å². The Morgan fingerprint density at radius 3 is 2.63 bits per heavy atom. The molecule has 3 heteroatoms. The Kier molecular flexibility index (Phi) is 4.65. The summed E-state index contributed by atoms with van der Waals surface area (Å²) in [5.41, 5.74) is 4.39. The van der Waals surface area contributed by atoms with E-state index in [1.54, 1.807) is 0 Å². The van der Waals surface area contributed by atoms with E-state index in [4.69, 9.17) is 16.6 Å². The highest BCUT2D eigenvalue weighted by molar-refractivity contribution is 6.32. The summed E-state index contributed by atoms with van der Waals surface area (Å²) in [7, 11) is 0. The molecule has 102 valence electrons. The molecule has 1 aromatic heterocycles. The largest absolute Gasteiger partial charge is 0.384 e. The van der Waals surface area contributed by atoms with Gasteiger partial charge in [-0.05, 0) is 43.5 Å². The minimum absolute atomic E-state index is 0.787. The SMILES string of the molecule is CCCNc1cc(CCC)nc2cc(Cl)c(C)cc12. The molecule has 0 aliphatic rings. The zero-order valence-electron chi connectivity index (χ0n) is 11.9. The van der Waals surface area contributed by atoms with Crippen molar-refractivity contribution in [2.75, 3.05) is 11.9 Å². The molecule has 1 N–H and O–H groups in total. The zero-order valence-corrected chi connectivity index (χ0v) is 12.6. The number of anilines is 1. The molecule has 0 aliphatic heterocycles. The molecule has 1 heterocycles. The van der Waals surface area contributed by atoms with Crippen molar-refractivity contribution >= 4 is 28.2 Å². The molecular formula is C16H21ClN2. The average molecular weight is 277 g/mol. The topological polar surface area (TPSA) is 24.9 Å². The monoisotopic (exact) mass is 276 g/mol. The van der Waals surface area contributed by atoms with Gasteiger partial charge in [-0.15, -0.1) is 0 Å². The lowest BCUT2D eigenvalue weighted by Gasteiger charge is -2.12. The summed E-state index contributed by atoms with van der Waals surface area (Å²) in [5.74, 6) is 0. The molecule has 0 saturated carbocycles. The van der Waals surface area contributed by atoms with Crippen molar-refractivity contribution < 1.29 is 0 Å². The third-order valence-corrected chi connectivity index (χ3v) is 3.62. The zero-order chi connectivity index (χ0) is 13.8. The predicted molar refractivity (Wildman–Crippen MR) is 84.3 cm³/mol. The summed E-state index contributed by atoms with van der Waals surface area (Å²) < 4.78 is 0. The number of pyridine rings is 1. The van der Waals surface area contributed by atoms with E-state index in [1.165, 1.54) is 5.69 Å². The van der Waals surface area contributed by atoms with Gasteiger partial charge in [-0.25, -0.2) is 0 Å². The number of aromatic nitrogens is 1. The van der Waals surface area contributed by atoms with E-state index in [9.17, 15) is 0 Å². The maximum atomic E-state index is 6.21. The van der Waals surface area contributed by atoms with Gasteiger partial charge >= 0.3 is 0 Å². The fraction of sp³-hybridized carbons (Fsp3) is 0.438. The second-order valence-corrected chi connectivity index (χ2v) is 5.36. The summed E-state index contributed by atoms with van der Waals surface area (Å²) in [6.45, 7) is 7.36. The van der Waals surface area contributed by atoms with Crippen molar-refractivity contribution in [3.05, 3.63) is 34.5 Å². The molecule has 2 rings (SSSR count). The van der Waals surface area contributed by atoms with Crippen LogP contribution in [0.3, 0.4) is 0 Å². The van der Waals surface area contributed by atoms with Gasteiger partial charge in [0.05, 0.1) is 5.52 Å². The number of benzene rings is 1. The molecule has 0 fully saturated rings. The third-order valence-electron chi connectivity index (χ3n) is 3.21. The number of fused-ring (bicyclic) bond motifs is 1. The molecule has 0 saturated heterocycles. The van der Waals surface area contributed by atoms with Crippen LogP contribution in [0.5, 0.6) is 0 Å². The number of nitrogens with one attached hydrogen (secondary N) is 1. The third kappa shape index (κ3) is 3.19. The van der Waals surface area contributed by atoms with Crippen LogP contribution in [0, 0.1) is 6.92 Å². The normalized spacial score (nSPS) is 10.9. The molecule has 0 atom stereocenters. The smallest absolute Gasteiger partial charge is 0.0741 e. The van der Waals surface area contributed by atoms with Gasteiger partial charge in [0.1, 0.15) is 0 Å². The van der Waals surface area contributed by atoms with Gasteiger partial charge in [0.2, 0.25) is 0 Å². The molecule has 19 heavy (non-hydrogen) atoms. The Labute approximate surface area is 120 Å². The van der Waals surface area contributed by atoms with E-state index in [0.717, 1.165) is 53.0 Å². The van der Waals surface area contributed by atoms with E-state index < -0.39 is 0 Å². The summed E-state index contributed by atoms with van der Waals surface area (Å²) in [6, 6.07) is 6.27. The first kappa shape index (κ1) is 14.1. The molecule has 0 unspecified atom stereocenters. The van der Waals surface area contributed by atoms with Crippen molar-refractivity contribution in [3.63, 3.8) is 0 Å². The van der Waals surface area contributed by atoms with Crippen LogP contribution in [0.25, 0.3) is 10.9 Å². The molecule has 0 amide bonds. The standard InChI is InChI=1S/C16H21ClN2/c1-4-6-12-9-15(18-7-5-2)13-8-11(3)14(17)10-16(13)19-12/h8-10H,4-7H2,1-3H3,(H,18,19). The van der Waals surface area contributed by atoms with Gasteiger partial charge in [-0.3, -0.25) is 4.98 Å². The minimum Gasteiger partial charge on any atom is -0.384 e. The maximum absolute atomic E-state index is 6.21. The molecule has 0 radical (unpaired) electrons. The van der Waals surface area contributed by atoms with Crippen molar-refractivity contribution in [2.24, 2.45) is 0 Å². The Morgan fingerprint density at radius 1 is 1.16 bits per heavy atom. The van der Waals surface area contributed by atoms with Crippen molar-refractivity contribution in [2.45, 2.75) is 40.0 Å². The first-order valence-corrected chi connectivity index (χ1v) is 7.37. The van der Waals surface area contributed by atoms with Crippen LogP contribution in [-0.4, -0.2) is 11.5 Å². The maximum Gasteiger partial charge on any atom is 0.0741 e. The molecule has 2 aromatic rings. The van der Waals surface area contributed by atoms with Gasteiger partial charge in [0.15, 0.2) is 0 Å². The number of halogens is 1. The van der Waals surface area contributed by atoms with Crippen LogP contribution in [0.1, 0.15) is 37.9 Å². The van der Waals surface area contributed by atoms with Gasteiger partial charge in [0, 0.05) is 28.3 Å². The molecule has 0 bridgehead atoms. The minimum atomic E-state index is 0.787. The predicted octanol–water partition coefficient (Wildman–Crippen LogP) is 4.97. The number of nitrogens with zero attached hydrogens (tertiary/aromatic N) is 1. The number of hydrogen-bond donors (Lipinski definition) is 1. The average Bonchev–Trinajstić information content (AvgIpc) is 2.38. The van der Waals surface area contributed by atoms with Crippen LogP contribution in [-0.2, 0) is 6.42 Å². The van der Waals surface area contributed by atoms with Crippen molar-refractivity contribution in [3.8, 4) is 0 Å². The second-order valence-electron chi connectivity index (χ2n) is 4.96. The highest BCUT2D eigenvalue weighted by atomic mass is 35.5. The van der Waals surface area contributed by atoms with Gasteiger partial charge in [-0.1, -0.05) is 31.9 Å². The Bertz CT molecular complexity index is 578. The van der Waals surface area contributed by atoms with Crippen LogP contribution in [0.2, 0.25) is 5.02 Å². The fourth-order valence-electron chi connectivity index (χ4n) is 2.20. The summed E-state index contributed by atoms with van der Waals surface area (Å²) in [4.78, 5) is 4.71. The Hall–Kier alpha value is -1.28. The lowest BCUT2D eigenvalue weighted by molar-refractivity contribution is 0.888. The number of hydrogen-bond acceptors (Lipinski definition) is 2. The summed E-state index contributed by atoms with van der Waals surface area (Å²) in [5, 5.41) is 5.45. The Balaban J connectivity index is 2.56. The van der Waals surface area contributed by atoms with Crippen molar-refractivity contribution in [1.82, 2.24) is 4.98 Å².